The van der Waals surface area contributed by atoms with Crippen molar-refractivity contribution in [1.82, 2.24) is 15.1 Å². The van der Waals surface area contributed by atoms with Gasteiger partial charge in [-0.2, -0.15) is 4.68 Å². The topological polar surface area (TPSA) is 156 Å². The Morgan fingerprint density at radius 1 is 1.59 bits per heavy atom. The summed E-state index contributed by atoms with van der Waals surface area (Å²) in [7, 11) is 0. The lowest BCUT2D eigenvalue weighted by Gasteiger charge is -2.03. The van der Waals surface area contributed by atoms with E-state index in [2.05, 4.69) is 5.10 Å². The highest BCUT2D eigenvalue weighted by atomic mass is 16.6. The van der Waals surface area contributed by atoms with Crippen molar-refractivity contribution >= 4 is 17.8 Å². The van der Waals surface area contributed by atoms with Crippen LogP contribution in [-0.4, -0.2) is 33.2 Å². The van der Waals surface area contributed by atoms with Crippen LogP contribution >= 0.6 is 0 Å². The summed E-state index contributed by atoms with van der Waals surface area (Å²) in [5, 5.41) is 26.0. The summed E-state index contributed by atoms with van der Waals surface area (Å²) in [5.41, 5.74) is 4.60. The molecule has 0 saturated heterocycles. The van der Waals surface area contributed by atoms with Crippen molar-refractivity contribution in [3.63, 3.8) is 0 Å². The van der Waals surface area contributed by atoms with E-state index in [1.54, 1.807) is 0 Å². The maximum Gasteiger partial charge on any atom is 0.402 e. The van der Waals surface area contributed by atoms with Gasteiger partial charge < -0.3 is 31.1 Å². The second kappa shape index (κ2) is 4.92. The van der Waals surface area contributed by atoms with Crippen molar-refractivity contribution in [2.75, 3.05) is 6.54 Å². The molecule has 2 amide bonds. The minimum atomic E-state index is -1.47. The largest absolute Gasteiger partial charge is 0.530 e. The normalized spacial score (nSPS) is 9.88. The van der Waals surface area contributed by atoms with Gasteiger partial charge in [-0.3, -0.25) is 4.79 Å². The van der Waals surface area contributed by atoms with E-state index < -0.39 is 22.7 Å². The van der Waals surface area contributed by atoms with Gasteiger partial charge in [-0.05, 0) is 4.92 Å². The second-order valence-electron chi connectivity index (χ2n) is 2.97. The molecule has 0 aliphatic carbocycles. The van der Waals surface area contributed by atoms with Crippen LogP contribution in [0.4, 0.5) is 10.6 Å². The van der Waals surface area contributed by atoms with Crippen molar-refractivity contribution in [3.05, 3.63) is 21.9 Å². The first-order chi connectivity index (χ1) is 7.91. The Morgan fingerprint density at radius 3 is 2.65 bits per heavy atom. The Labute approximate surface area is 94.2 Å². The molecular weight excluding hydrogens is 234 g/mol. The Kier molecular flexibility index (Phi) is 3.59. The molecule has 0 unspecified atom stereocenters. The molecule has 3 N–H and O–H groups in total. The van der Waals surface area contributed by atoms with Crippen LogP contribution in [0.25, 0.3) is 0 Å². The number of primary amides is 1. The summed E-state index contributed by atoms with van der Waals surface area (Å²) in [6.45, 7) is -0.0402. The number of carboxylic acid groups (broad SMARTS) is 1. The number of hydrogen-bond donors (Lipinski definition) is 2. The molecule has 0 spiro atoms. The first kappa shape index (κ1) is 12.4. The lowest BCUT2D eigenvalue weighted by atomic mass is 10.3. The van der Waals surface area contributed by atoms with E-state index in [9.17, 15) is 24.8 Å². The second-order valence-corrected chi connectivity index (χ2v) is 2.97. The maximum atomic E-state index is 10.9. The fraction of sp³-hybridized carbons (Fsp3) is 0.286. The Bertz CT molecular complexity index is 436. The standard InChI is InChI=1S/C7H9N5O5/c8-5(13)4-3-11(2-1-9-7(14)15)10-6(4)12(16)17/h3,9H,1-2H2,(H2,8,13)(H,14,15)/p-1. The van der Waals surface area contributed by atoms with E-state index in [1.807, 2.05) is 5.32 Å². The number of nitrogens with two attached hydrogens (primary N) is 1. The molecule has 0 atom stereocenters. The summed E-state index contributed by atoms with van der Waals surface area (Å²) in [6.07, 6.45) is -0.390. The SMILES string of the molecule is NC(=O)c1cn(CCNC(=O)[O-])nc1[N+](=O)[O-]. The smallest absolute Gasteiger partial charge is 0.402 e. The molecule has 10 nitrogen and oxygen atoms in total. The number of carbonyl (C=O) groups excluding carboxylic acids is 2. The Morgan fingerprint density at radius 2 is 2.24 bits per heavy atom. The Balaban J connectivity index is 2.81. The third-order valence-electron chi connectivity index (χ3n) is 1.79. The lowest BCUT2D eigenvalue weighted by molar-refractivity contribution is -0.390. The third kappa shape index (κ3) is 3.15. The lowest BCUT2D eigenvalue weighted by Crippen LogP contribution is -2.38. The van der Waals surface area contributed by atoms with Gasteiger partial charge in [0.25, 0.3) is 5.91 Å². The van der Waals surface area contributed by atoms with Gasteiger partial charge in [0.15, 0.2) is 5.56 Å². The van der Waals surface area contributed by atoms with Gasteiger partial charge in [-0.15, -0.1) is 0 Å². The Hall–Kier alpha value is -2.65. The van der Waals surface area contributed by atoms with Gasteiger partial charge in [0.05, 0.1) is 17.8 Å². The highest BCUT2D eigenvalue weighted by Crippen LogP contribution is 2.14. The fourth-order valence-corrected chi connectivity index (χ4v) is 1.11. The van der Waals surface area contributed by atoms with Crippen LogP contribution in [0, 0.1) is 10.1 Å². The van der Waals surface area contributed by atoms with Gasteiger partial charge in [-0.25, -0.2) is 0 Å². The van der Waals surface area contributed by atoms with Crippen LogP contribution in [0.15, 0.2) is 6.20 Å². The van der Waals surface area contributed by atoms with E-state index in [0.717, 1.165) is 10.9 Å². The molecule has 1 heterocycles. The molecule has 0 radical (unpaired) electrons. The molecule has 0 aliphatic heterocycles. The van der Waals surface area contributed by atoms with Gasteiger partial charge in [-0.1, -0.05) is 0 Å². The summed E-state index contributed by atoms with van der Waals surface area (Å²) < 4.78 is 1.05. The van der Waals surface area contributed by atoms with E-state index in [1.165, 1.54) is 0 Å². The molecule has 92 valence electrons. The predicted octanol–water partition coefficient (Wildman–Crippen LogP) is -2.18. The molecule has 0 bridgehead atoms. The number of carbonyl (C=O) groups is 2. The zero-order chi connectivity index (χ0) is 13.0. The number of nitro groups is 1. The van der Waals surface area contributed by atoms with E-state index in [-0.39, 0.29) is 18.7 Å². The van der Waals surface area contributed by atoms with Crippen molar-refractivity contribution in [1.29, 1.82) is 0 Å². The number of amides is 2. The molecule has 17 heavy (non-hydrogen) atoms. The number of nitrogens with zero attached hydrogens (tertiary/aromatic N) is 3. The molecule has 1 aromatic heterocycles. The van der Waals surface area contributed by atoms with Crippen molar-refractivity contribution in [2.45, 2.75) is 6.54 Å². The van der Waals surface area contributed by atoms with E-state index in [4.69, 9.17) is 5.73 Å². The zero-order valence-corrected chi connectivity index (χ0v) is 8.45. The number of rotatable bonds is 5. The highest BCUT2D eigenvalue weighted by molar-refractivity contribution is 5.95. The van der Waals surface area contributed by atoms with Crippen LogP contribution in [0.1, 0.15) is 10.4 Å². The third-order valence-corrected chi connectivity index (χ3v) is 1.79. The van der Waals surface area contributed by atoms with Crippen LogP contribution in [0.5, 0.6) is 0 Å². The van der Waals surface area contributed by atoms with Gasteiger partial charge >= 0.3 is 5.82 Å². The molecular formula is C7H8N5O5-. The number of aromatic nitrogens is 2. The summed E-state index contributed by atoms with van der Waals surface area (Å²) in [4.78, 5) is 30.6. The molecule has 0 saturated carbocycles. The number of hydrogen-bond acceptors (Lipinski definition) is 6. The summed E-state index contributed by atoms with van der Waals surface area (Å²) in [6, 6.07) is 0. The molecule has 0 aliphatic rings. The molecule has 1 rings (SSSR count). The minimum Gasteiger partial charge on any atom is -0.530 e. The van der Waals surface area contributed by atoms with Crippen LogP contribution < -0.4 is 16.2 Å². The van der Waals surface area contributed by atoms with E-state index in [0.29, 0.717) is 0 Å². The van der Waals surface area contributed by atoms with Gasteiger partial charge in [0.2, 0.25) is 0 Å². The van der Waals surface area contributed by atoms with E-state index >= 15 is 0 Å². The van der Waals surface area contributed by atoms with Crippen LogP contribution in [0.2, 0.25) is 0 Å². The zero-order valence-electron chi connectivity index (χ0n) is 8.45. The average Bonchev–Trinajstić information content (AvgIpc) is 2.61. The van der Waals surface area contributed by atoms with Crippen LogP contribution in [-0.2, 0) is 6.54 Å². The predicted molar refractivity (Wildman–Crippen MR) is 50.8 cm³/mol. The van der Waals surface area contributed by atoms with Crippen molar-refractivity contribution in [3.8, 4) is 0 Å². The first-order valence-corrected chi connectivity index (χ1v) is 4.38. The van der Waals surface area contributed by atoms with Crippen molar-refractivity contribution in [2.24, 2.45) is 5.73 Å². The van der Waals surface area contributed by atoms with Gasteiger partial charge in [0.1, 0.15) is 6.09 Å². The minimum absolute atomic E-state index is 0.0160. The summed E-state index contributed by atoms with van der Waals surface area (Å²) >= 11 is 0. The fourth-order valence-electron chi connectivity index (χ4n) is 1.11. The molecule has 0 fully saturated rings. The average molecular weight is 242 g/mol. The summed E-state index contributed by atoms with van der Waals surface area (Å²) in [5.74, 6) is -1.64. The number of nitrogens with one attached hydrogen (secondary N) is 1. The first-order valence-electron chi connectivity index (χ1n) is 4.38. The highest BCUT2D eigenvalue weighted by Gasteiger charge is 2.24. The van der Waals surface area contributed by atoms with Crippen molar-refractivity contribution < 1.29 is 19.6 Å². The van der Waals surface area contributed by atoms with Crippen LogP contribution in [0.3, 0.4) is 0 Å². The monoisotopic (exact) mass is 242 g/mol. The molecule has 1 aromatic rings. The molecule has 0 aromatic carbocycles. The molecule has 10 heteroatoms. The maximum absolute atomic E-state index is 10.9. The quantitative estimate of drug-likeness (QED) is 0.441. The van der Waals surface area contributed by atoms with Gasteiger partial charge in [0, 0.05) is 6.54 Å².